The Hall–Kier alpha value is -9.75. The van der Waals surface area contributed by atoms with Crippen LogP contribution in [0.1, 0.15) is 0 Å². The lowest BCUT2D eigenvalue weighted by Crippen LogP contribution is -2.02. The second kappa shape index (κ2) is 17.5. The molecule has 15 aromatic rings. The second-order valence-electron chi connectivity index (χ2n) is 19.1. The van der Waals surface area contributed by atoms with Crippen LogP contribution in [0.2, 0.25) is 0 Å². The second-order valence-corrected chi connectivity index (χ2v) is 20.1. The fourth-order valence-corrected chi connectivity index (χ4v) is 12.7. The van der Waals surface area contributed by atoms with E-state index in [0.717, 1.165) is 55.8 Å². The molecule has 11 aromatic carbocycles. The zero-order chi connectivity index (χ0) is 49.4. The molecule has 0 N–H and O–H groups in total. The minimum Gasteiger partial charge on any atom is -0.308 e. The Morgan fingerprint density at radius 1 is 0.253 bits per heavy atom. The third kappa shape index (κ3) is 7.10. The van der Waals surface area contributed by atoms with E-state index in [0.29, 0.717) is 17.5 Å². The molecule has 0 bridgehead atoms. The number of para-hydroxylation sites is 2. The van der Waals surface area contributed by atoms with Crippen LogP contribution in [-0.4, -0.2) is 24.1 Å². The van der Waals surface area contributed by atoms with Crippen molar-refractivity contribution in [3.63, 3.8) is 0 Å². The van der Waals surface area contributed by atoms with E-state index in [-0.39, 0.29) is 0 Å². The van der Waals surface area contributed by atoms with Gasteiger partial charge in [0.2, 0.25) is 0 Å². The predicted molar refractivity (Wildman–Crippen MR) is 314 cm³/mol. The Bertz CT molecular complexity index is 4700. The third-order valence-electron chi connectivity index (χ3n) is 14.8. The minimum atomic E-state index is 0.601. The largest absolute Gasteiger partial charge is 0.308 e. The molecule has 0 spiro atoms. The van der Waals surface area contributed by atoms with Crippen molar-refractivity contribution in [3.05, 3.63) is 261 Å². The highest BCUT2D eigenvalue weighted by Gasteiger charge is 2.23. The summed E-state index contributed by atoms with van der Waals surface area (Å²) in [7, 11) is 0. The van der Waals surface area contributed by atoms with E-state index in [9.17, 15) is 0 Å². The lowest BCUT2D eigenvalue weighted by Gasteiger charge is -2.14. The molecule has 0 atom stereocenters. The van der Waals surface area contributed by atoms with E-state index in [1.807, 2.05) is 23.5 Å². The van der Waals surface area contributed by atoms with E-state index in [2.05, 4.69) is 258 Å². The van der Waals surface area contributed by atoms with Gasteiger partial charge in [-0.1, -0.05) is 218 Å². The third-order valence-corrected chi connectivity index (χ3v) is 16.0. The summed E-state index contributed by atoms with van der Waals surface area (Å²) in [6.45, 7) is 0. The maximum Gasteiger partial charge on any atom is 0.164 e. The van der Waals surface area contributed by atoms with Crippen molar-refractivity contribution in [3.8, 4) is 78.9 Å². The summed E-state index contributed by atoms with van der Waals surface area (Å²) in [5.74, 6) is 1.83. The fraction of sp³-hybridized carbons (Fsp3) is 0. The predicted octanol–water partition coefficient (Wildman–Crippen LogP) is 18.4. The fourth-order valence-electron chi connectivity index (χ4n) is 11.3. The molecule has 0 aliphatic heterocycles. The molecule has 0 saturated carbocycles. The van der Waals surface area contributed by atoms with Crippen LogP contribution < -0.4 is 0 Å². The van der Waals surface area contributed by atoms with Crippen LogP contribution in [0, 0.1) is 0 Å². The maximum absolute atomic E-state index is 5.36. The average Bonchev–Trinajstić information content (AvgIpc) is 4.17. The topological polar surface area (TPSA) is 48.5 Å². The summed E-state index contributed by atoms with van der Waals surface area (Å²) in [5.41, 5.74) is 16.4. The Kier molecular flexibility index (Phi) is 10.00. The van der Waals surface area contributed by atoms with Gasteiger partial charge in [-0.2, -0.15) is 0 Å². The zero-order valence-electron chi connectivity index (χ0n) is 40.5. The summed E-state index contributed by atoms with van der Waals surface area (Å²) in [4.78, 5) is 16.0. The van der Waals surface area contributed by atoms with Gasteiger partial charge in [-0.3, -0.25) is 0 Å². The van der Waals surface area contributed by atoms with Gasteiger partial charge in [0, 0.05) is 60.4 Å². The van der Waals surface area contributed by atoms with Crippen LogP contribution in [0.25, 0.3) is 143 Å². The Morgan fingerprint density at radius 2 is 0.640 bits per heavy atom. The van der Waals surface area contributed by atoms with E-state index in [1.54, 1.807) is 0 Å². The summed E-state index contributed by atoms with van der Waals surface area (Å²) in [5, 5.41) is 7.38. The molecule has 15 rings (SSSR count). The highest BCUT2D eigenvalue weighted by molar-refractivity contribution is 7.27. The molecule has 75 heavy (non-hydrogen) atoms. The summed E-state index contributed by atoms with van der Waals surface area (Å²) in [6.07, 6.45) is 0. The Morgan fingerprint density at radius 3 is 1.20 bits per heavy atom. The van der Waals surface area contributed by atoms with Crippen molar-refractivity contribution in [2.75, 3.05) is 0 Å². The first-order chi connectivity index (χ1) is 37.2. The van der Waals surface area contributed by atoms with Gasteiger partial charge in [0.25, 0.3) is 0 Å². The van der Waals surface area contributed by atoms with Crippen molar-refractivity contribution in [2.24, 2.45) is 0 Å². The van der Waals surface area contributed by atoms with Gasteiger partial charge in [0.15, 0.2) is 17.5 Å². The van der Waals surface area contributed by atoms with Crippen molar-refractivity contribution in [1.82, 2.24) is 24.1 Å². The quantitative estimate of drug-likeness (QED) is 0.152. The number of rotatable bonds is 8. The lowest BCUT2D eigenvalue weighted by atomic mass is 9.99. The first kappa shape index (κ1) is 42.9. The average molecular weight is 974 g/mol. The highest BCUT2D eigenvalue weighted by Crippen LogP contribution is 2.47. The molecule has 0 aliphatic carbocycles. The van der Waals surface area contributed by atoms with Crippen molar-refractivity contribution < 1.29 is 0 Å². The zero-order valence-corrected chi connectivity index (χ0v) is 41.3. The molecule has 0 radical (unpaired) electrons. The van der Waals surface area contributed by atoms with Crippen molar-refractivity contribution in [1.29, 1.82) is 0 Å². The molecule has 0 fully saturated rings. The minimum absolute atomic E-state index is 0.601. The molecule has 0 saturated heterocycles. The number of aromatic nitrogens is 5. The molecule has 0 unspecified atom stereocenters. The molecule has 0 aliphatic rings. The molecule has 6 heteroatoms. The summed E-state index contributed by atoms with van der Waals surface area (Å²) < 4.78 is 7.45. The van der Waals surface area contributed by atoms with Gasteiger partial charge in [-0.05, 0) is 75.8 Å². The first-order valence-corrected chi connectivity index (χ1v) is 26.2. The number of hydrogen-bond donors (Lipinski definition) is 0. The maximum atomic E-state index is 5.36. The molecular weight excluding hydrogens is 931 g/mol. The van der Waals surface area contributed by atoms with E-state index in [4.69, 9.17) is 15.0 Å². The van der Waals surface area contributed by atoms with Gasteiger partial charge in [-0.25, -0.2) is 15.0 Å². The highest BCUT2D eigenvalue weighted by atomic mass is 32.1. The van der Waals surface area contributed by atoms with Crippen LogP contribution in [0.5, 0.6) is 0 Å². The molecular formula is C69H43N5S. The number of fused-ring (bicyclic) bond motifs is 11. The number of thiophene rings is 1. The van der Waals surface area contributed by atoms with Crippen molar-refractivity contribution >= 4 is 75.1 Å². The SMILES string of the molecule is c1ccc(-c2cccc(-c3nc(-c4cccc(-n5c6ccccc6c6ccc7c8ccc9c%10ccccc%10n(-c%10cccc(-c%11ccccc%11)c%10)c9c8sc7c65)c4)nc(-c4ccccc4-c4ccccc4)n3)c2)cc1. The van der Waals surface area contributed by atoms with Crippen molar-refractivity contribution in [2.45, 2.75) is 0 Å². The van der Waals surface area contributed by atoms with Crippen LogP contribution in [0.3, 0.4) is 0 Å². The molecule has 0 amide bonds. The number of nitrogens with zero attached hydrogens (tertiary/aromatic N) is 5. The molecule has 4 aromatic heterocycles. The lowest BCUT2D eigenvalue weighted by molar-refractivity contribution is 1.07. The van der Waals surface area contributed by atoms with Crippen LogP contribution in [0.4, 0.5) is 0 Å². The van der Waals surface area contributed by atoms with Gasteiger partial charge in [0.1, 0.15) is 0 Å². The van der Waals surface area contributed by atoms with Crippen LogP contribution in [-0.2, 0) is 0 Å². The summed E-state index contributed by atoms with van der Waals surface area (Å²) in [6, 6.07) is 93.2. The van der Waals surface area contributed by atoms with Gasteiger partial charge < -0.3 is 9.13 Å². The van der Waals surface area contributed by atoms with Gasteiger partial charge >= 0.3 is 0 Å². The van der Waals surface area contributed by atoms with E-state index >= 15 is 0 Å². The number of benzene rings is 11. The van der Waals surface area contributed by atoms with E-state index < -0.39 is 0 Å². The first-order valence-electron chi connectivity index (χ1n) is 25.3. The monoisotopic (exact) mass is 973 g/mol. The van der Waals surface area contributed by atoms with Gasteiger partial charge in [-0.15, -0.1) is 11.3 Å². The molecule has 5 nitrogen and oxygen atoms in total. The standard InChI is InChI=1S/C69H43N5S/c1-4-19-44(20-5-1)47-25-16-27-49(41-47)67-70-68(72-69(71-67)60-34-11-10-31-53(60)46-23-8-3-9-24-46)50-28-18-30-52(43-50)74-62-36-15-13-33-55(62)57-38-40-59-58-39-37-56-54-32-12-14-35-61(54)73(63(56)65(58)75-66(59)64(57)74)51-29-17-26-48(42-51)45-21-6-2-7-22-45/h1-43H. The normalized spacial score (nSPS) is 11.7. The molecule has 4 heterocycles. The Labute approximate surface area is 436 Å². The van der Waals surface area contributed by atoms with Crippen LogP contribution in [0.15, 0.2) is 261 Å². The molecule has 350 valence electrons. The number of hydrogen-bond acceptors (Lipinski definition) is 4. The van der Waals surface area contributed by atoms with Gasteiger partial charge in [0.05, 0.1) is 31.5 Å². The summed E-state index contributed by atoms with van der Waals surface area (Å²) >= 11 is 1.89. The Balaban J connectivity index is 0.948. The van der Waals surface area contributed by atoms with Crippen LogP contribution >= 0.6 is 11.3 Å². The smallest absolute Gasteiger partial charge is 0.164 e. The van der Waals surface area contributed by atoms with E-state index in [1.165, 1.54) is 69.4 Å².